The highest BCUT2D eigenvalue weighted by molar-refractivity contribution is 7.46. The summed E-state index contributed by atoms with van der Waals surface area (Å²) in [5.41, 5.74) is 0. The third-order valence-corrected chi connectivity index (χ3v) is 6.41. The van der Waals surface area contributed by atoms with Crippen molar-refractivity contribution >= 4 is 19.8 Å². The molecule has 0 aliphatic carbocycles. The van der Waals surface area contributed by atoms with Crippen LogP contribution in [-0.4, -0.2) is 52.3 Å². The Kier molecular flexibility index (Phi) is 25.5. The first-order chi connectivity index (χ1) is 19.7. The molecule has 0 rings (SSSR count). The molecule has 41 heavy (non-hydrogen) atoms. The van der Waals surface area contributed by atoms with Crippen molar-refractivity contribution in [1.29, 1.82) is 0 Å². The Labute approximate surface area is 247 Å². The average molecular weight is 601 g/mol. The van der Waals surface area contributed by atoms with E-state index in [-0.39, 0.29) is 25.6 Å². The van der Waals surface area contributed by atoms with Crippen LogP contribution in [0.5, 0.6) is 0 Å². The number of esters is 2. The van der Waals surface area contributed by atoms with Crippen LogP contribution in [0.3, 0.4) is 0 Å². The van der Waals surface area contributed by atoms with Crippen molar-refractivity contribution < 1.29 is 43.0 Å². The molecule has 0 radical (unpaired) electrons. The summed E-state index contributed by atoms with van der Waals surface area (Å²) < 4.78 is 25.9. The number of allylic oxidation sites excluding steroid dienone is 7. The number of phosphoric acid groups is 1. The van der Waals surface area contributed by atoms with Gasteiger partial charge in [0, 0.05) is 12.8 Å². The number of phosphoric ester groups is 1. The second-order valence-electron chi connectivity index (χ2n) is 9.90. The van der Waals surface area contributed by atoms with Crippen molar-refractivity contribution in [2.75, 3.05) is 13.2 Å². The Balaban J connectivity index is 4.12. The maximum Gasteiger partial charge on any atom is 0.469 e. The first-order valence-corrected chi connectivity index (χ1v) is 16.6. The summed E-state index contributed by atoms with van der Waals surface area (Å²) in [5.74, 6) is -0.995. The van der Waals surface area contributed by atoms with E-state index in [9.17, 15) is 19.3 Å². The minimum atomic E-state index is -4.75. The zero-order valence-electron chi connectivity index (χ0n) is 25.0. The zero-order valence-corrected chi connectivity index (χ0v) is 25.9. The van der Waals surface area contributed by atoms with E-state index >= 15 is 0 Å². The Hall–Kier alpha value is -2.03. The molecule has 0 aromatic heterocycles. The third-order valence-electron chi connectivity index (χ3n) is 5.92. The fourth-order valence-corrected chi connectivity index (χ4v) is 3.98. The molecular weight excluding hydrogens is 547 g/mol. The number of carbonyl (C=O) groups excluding carboxylic acids is 2. The smallest absolute Gasteiger partial charge is 0.462 e. The normalized spacial score (nSPS) is 14.0. The summed E-state index contributed by atoms with van der Waals surface area (Å²) in [6.45, 7) is 3.32. The number of unbranched alkanes of at least 4 members (excludes halogenated alkanes) is 6. The van der Waals surface area contributed by atoms with Gasteiger partial charge in [0.15, 0.2) is 6.10 Å². The summed E-state index contributed by atoms with van der Waals surface area (Å²) in [4.78, 5) is 42.0. The van der Waals surface area contributed by atoms with Gasteiger partial charge in [-0.15, -0.1) is 0 Å². The standard InChI is InChI=1S/C31H53O9P/c1-3-5-7-16-21-25-31(34)40-29(27-39-41(35,36)37)26-38-30(33)24-20-18-15-13-11-9-8-10-12-14-17-19-23-28(32)22-6-4-2/h8-9,12-15,19,23,28-29,32H,3-7,10-11,16-18,20-22,24-27H2,1-2H3,(H2,35,36,37)/b9-8-,14-12-,15-13-,23-19-/t28-,29+/m0/s1. The van der Waals surface area contributed by atoms with Gasteiger partial charge in [-0.25, -0.2) is 4.57 Å². The Bertz CT molecular complexity index is 829. The van der Waals surface area contributed by atoms with Crippen LogP contribution in [-0.2, 0) is 28.2 Å². The maximum atomic E-state index is 12.1. The highest BCUT2D eigenvalue weighted by atomic mass is 31.2. The van der Waals surface area contributed by atoms with E-state index < -0.39 is 32.5 Å². The Morgan fingerprint density at radius 3 is 1.95 bits per heavy atom. The SMILES string of the molecule is CCCCCCCC(=O)O[C@H](COC(=O)CCC/C=C\C/C=C\C/C=C\C/C=C\[C@@H](O)CCCC)COP(=O)(O)O. The topological polar surface area (TPSA) is 140 Å². The van der Waals surface area contributed by atoms with E-state index in [0.717, 1.165) is 64.2 Å². The zero-order chi connectivity index (χ0) is 30.6. The second kappa shape index (κ2) is 26.8. The fraction of sp³-hybridized carbons (Fsp3) is 0.677. The number of hydrogen-bond acceptors (Lipinski definition) is 7. The van der Waals surface area contributed by atoms with Crippen molar-refractivity contribution in [3.8, 4) is 0 Å². The molecule has 0 saturated carbocycles. The molecule has 236 valence electrons. The molecule has 3 N–H and O–H groups in total. The van der Waals surface area contributed by atoms with Crippen LogP contribution in [0, 0.1) is 0 Å². The van der Waals surface area contributed by atoms with Gasteiger partial charge >= 0.3 is 19.8 Å². The molecule has 0 aliphatic heterocycles. The monoisotopic (exact) mass is 600 g/mol. The second-order valence-corrected chi connectivity index (χ2v) is 11.1. The van der Waals surface area contributed by atoms with E-state index in [0.29, 0.717) is 19.3 Å². The molecule has 0 aromatic rings. The number of ether oxygens (including phenoxy) is 2. The van der Waals surface area contributed by atoms with Crippen molar-refractivity contribution in [2.45, 2.75) is 122 Å². The van der Waals surface area contributed by atoms with Gasteiger partial charge in [0.25, 0.3) is 0 Å². The molecule has 0 heterocycles. The molecule has 0 unspecified atom stereocenters. The van der Waals surface area contributed by atoms with Crippen LogP contribution in [0.2, 0.25) is 0 Å². The minimum absolute atomic E-state index is 0.173. The van der Waals surface area contributed by atoms with E-state index in [1.54, 1.807) is 0 Å². The van der Waals surface area contributed by atoms with Crippen LogP contribution < -0.4 is 0 Å². The van der Waals surface area contributed by atoms with Crippen molar-refractivity contribution in [2.24, 2.45) is 0 Å². The van der Waals surface area contributed by atoms with Gasteiger partial charge < -0.3 is 24.4 Å². The molecular formula is C31H53O9P. The molecule has 0 aromatic carbocycles. The fourth-order valence-electron chi connectivity index (χ4n) is 3.62. The van der Waals surface area contributed by atoms with Crippen molar-refractivity contribution in [3.63, 3.8) is 0 Å². The third kappa shape index (κ3) is 29.3. The van der Waals surface area contributed by atoms with E-state index in [1.807, 2.05) is 24.3 Å². The van der Waals surface area contributed by atoms with E-state index in [1.165, 1.54) is 0 Å². The first-order valence-electron chi connectivity index (χ1n) is 15.0. The highest BCUT2D eigenvalue weighted by Gasteiger charge is 2.22. The Morgan fingerprint density at radius 2 is 1.32 bits per heavy atom. The lowest BCUT2D eigenvalue weighted by molar-refractivity contribution is -0.161. The Morgan fingerprint density at radius 1 is 0.732 bits per heavy atom. The summed E-state index contributed by atoms with van der Waals surface area (Å²) in [5, 5.41) is 9.74. The predicted molar refractivity (Wildman–Crippen MR) is 162 cm³/mol. The summed E-state index contributed by atoms with van der Waals surface area (Å²) >= 11 is 0. The molecule has 0 bridgehead atoms. The molecule has 0 saturated heterocycles. The van der Waals surface area contributed by atoms with Crippen LogP contribution in [0.25, 0.3) is 0 Å². The van der Waals surface area contributed by atoms with Gasteiger partial charge in [-0.2, -0.15) is 0 Å². The number of carbonyl (C=O) groups is 2. The lowest BCUT2D eigenvalue weighted by Crippen LogP contribution is -2.29. The summed E-state index contributed by atoms with van der Waals surface area (Å²) in [6.07, 6.45) is 26.6. The van der Waals surface area contributed by atoms with Crippen LogP contribution in [0.15, 0.2) is 48.6 Å². The van der Waals surface area contributed by atoms with Crippen LogP contribution in [0.1, 0.15) is 110 Å². The number of aliphatic hydroxyl groups excluding tert-OH is 1. The molecule has 9 nitrogen and oxygen atoms in total. The van der Waals surface area contributed by atoms with Gasteiger partial charge in [-0.1, -0.05) is 101 Å². The van der Waals surface area contributed by atoms with Gasteiger partial charge in [-0.05, 0) is 44.9 Å². The average Bonchev–Trinajstić information content (AvgIpc) is 2.92. The van der Waals surface area contributed by atoms with E-state index in [2.05, 4.69) is 42.7 Å². The molecule has 0 fully saturated rings. The van der Waals surface area contributed by atoms with Crippen LogP contribution >= 0.6 is 7.82 Å². The van der Waals surface area contributed by atoms with Gasteiger partial charge in [0.1, 0.15) is 6.61 Å². The number of aliphatic hydroxyl groups is 1. The lowest BCUT2D eigenvalue weighted by Gasteiger charge is -2.18. The first kappa shape index (κ1) is 39.0. The van der Waals surface area contributed by atoms with Gasteiger partial charge in [0.05, 0.1) is 12.7 Å². The lowest BCUT2D eigenvalue weighted by atomic mass is 10.1. The van der Waals surface area contributed by atoms with Crippen molar-refractivity contribution in [3.05, 3.63) is 48.6 Å². The van der Waals surface area contributed by atoms with Crippen molar-refractivity contribution in [1.82, 2.24) is 0 Å². The maximum absolute atomic E-state index is 12.1. The quantitative estimate of drug-likeness (QED) is 0.0413. The van der Waals surface area contributed by atoms with E-state index in [4.69, 9.17) is 19.3 Å². The summed E-state index contributed by atoms with van der Waals surface area (Å²) in [6, 6.07) is 0. The number of rotatable bonds is 26. The molecule has 2 atom stereocenters. The number of hydrogen-bond donors (Lipinski definition) is 3. The highest BCUT2D eigenvalue weighted by Crippen LogP contribution is 2.35. The minimum Gasteiger partial charge on any atom is -0.462 e. The van der Waals surface area contributed by atoms with Gasteiger partial charge in [-0.3, -0.25) is 14.1 Å². The van der Waals surface area contributed by atoms with Gasteiger partial charge in [0.2, 0.25) is 0 Å². The molecule has 0 spiro atoms. The molecule has 0 aliphatic rings. The molecule has 10 heteroatoms. The predicted octanol–water partition coefficient (Wildman–Crippen LogP) is 7.03. The largest absolute Gasteiger partial charge is 0.469 e. The molecule has 0 amide bonds. The summed E-state index contributed by atoms with van der Waals surface area (Å²) in [7, 11) is -4.75. The van der Waals surface area contributed by atoms with Crippen LogP contribution in [0.4, 0.5) is 0 Å².